The van der Waals surface area contributed by atoms with Crippen molar-refractivity contribution in [2.24, 2.45) is 0 Å². The van der Waals surface area contributed by atoms with Crippen LogP contribution in [0.25, 0.3) is 10.8 Å². The van der Waals surface area contributed by atoms with Gasteiger partial charge in [-0.05, 0) is 54.4 Å². The molecule has 1 N–H and O–H groups in total. The van der Waals surface area contributed by atoms with Crippen LogP contribution < -0.4 is 10.1 Å². The highest BCUT2D eigenvalue weighted by molar-refractivity contribution is 5.91. The van der Waals surface area contributed by atoms with Crippen LogP contribution in [0.1, 0.15) is 36.1 Å². The van der Waals surface area contributed by atoms with E-state index in [2.05, 4.69) is 29.3 Å². The van der Waals surface area contributed by atoms with E-state index in [1.807, 2.05) is 30.3 Å². The molecule has 1 amide bonds. The highest BCUT2D eigenvalue weighted by atomic mass is 16.5. The second-order valence-electron chi connectivity index (χ2n) is 7.18. The minimum absolute atomic E-state index is 0.177. The molecule has 0 unspecified atom stereocenters. The number of hydrogen-bond acceptors (Lipinski definition) is 4. The molecule has 0 atom stereocenters. The zero-order valence-corrected chi connectivity index (χ0v) is 16.2. The molecule has 146 valence electrons. The zero-order valence-electron chi connectivity index (χ0n) is 16.2. The molecule has 1 aliphatic rings. The normalized spacial score (nSPS) is 13.8. The van der Waals surface area contributed by atoms with E-state index in [0.29, 0.717) is 24.1 Å². The smallest absolute Gasteiger partial charge is 0.287 e. The number of rotatable bonds is 9. The summed E-state index contributed by atoms with van der Waals surface area (Å²) >= 11 is 0. The minimum atomic E-state index is -0.177. The lowest BCUT2D eigenvalue weighted by molar-refractivity contribution is 0.0916. The van der Waals surface area contributed by atoms with Gasteiger partial charge in [0.1, 0.15) is 18.1 Å². The summed E-state index contributed by atoms with van der Waals surface area (Å²) < 4.78 is 11.5. The first kappa shape index (κ1) is 18.6. The van der Waals surface area contributed by atoms with Gasteiger partial charge >= 0.3 is 0 Å². The van der Waals surface area contributed by atoms with Crippen LogP contribution in [0.15, 0.2) is 59.0 Å². The Morgan fingerprint density at radius 1 is 1.14 bits per heavy atom. The van der Waals surface area contributed by atoms with Crippen LogP contribution in [0.5, 0.6) is 5.75 Å². The van der Waals surface area contributed by atoms with Gasteiger partial charge in [0.15, 0.2) is 5.76 Å². The molecule has 28 heavy (non-hydrogen) atoms. The van der Waals surface area contributed by atoms with Crippen molar-refractivity contribution in [3.05, 3.63) is 66.1 Å². The van der Waals surface area contributed by atoms with Crippen molar-refractivity contribution in [1.82, 2.24) is 10.2 Å². The van der Waals surface area contributed by atoms with Crippen molar-refractivity contribution in [3.8, 4) is 5.75 Å². The number of hydrogen-bond donors (Lipinski definition) is 1. The number of amides is 1. The summed E-state index contributed by atoms with van der Waals surface area (Å²) in [7, 11) is 0. The summed E-state index contributed by atoms with van der Waals surface area (Å²) in [5.41, 5.74) is 0. The number of carbonyl (C=O) groups is 1. The quantitative estimate of drug-likeness (QED) is 0.606. The summed E-state index contributed by atoms with van der Waals surface area (Å²) in [6, 6.07) is 18.3. The van der Waals surface area contributed by atoms with Gasteiger partial charge in [0.25, 0.3) is 5.91 Å². The molecule has 0 saturated heterocycles. The number of fused-ring (bicyclic) bond motifs is 1. The Kier molecular flexibility index (Phi) is 5.63. The lowest BCUT2D eigenvalue weighted by Gasteiger charge is -2.19. The van der Waals surface area contributed by atoms with E-state index in [9.17, 15) is 4.79 Å². The Bertz CT molecular complexity index is 946. The van der Waals surface area contributed by atoms with E-state index < -0.39 is 0 Å². The average Bonchev–Trinajstić information content (AvgIpc) is 3.46. The molecule has 1 fully saturated rings. The van der Waals surface area contributed by atoms with Crippen molar-refractivity contribution in [3.63, 3.8) is 0 Å². The van der Waals surface area contributed by atoms with E-state index in [0.717, 1.165) is 24.2 Å². The van der Waals surface area contributed by atoms with Crippen LogP contribution in [-0.2, 0) is 6.61 Å². The van der Waals surface area contributed by atoms with Crippen LogP contribution in [-0.4, -0.2) is 36.5 Å². The van der Waals surface area contributed by atoms with E-state index in [1.54, 1.807) is 12.1 Å². The van der Waals surface area contributed by atoms with Gasteiger partial charge in [0.05, 0.1) is 0 Å². The van der Waals surface area contributed by atoms with Crippen LogP contribution in [0.3, 0.4) is 0 Å². The number of furan rings is 1. The molecule has 1 aliphatic carbocycles. The lowest BCUT2D eigenvalue weighted by atomic mass is 10.1. The standard InChI is InChI=1S/C23H26N2O3/c1-2-25(19-8-9-19)14-13-24-23(26)22-12-11-21(28-22)16-27-20-10-7-17-5-3-4-6-18(17)15-20/h3-7,10-12,15,19H,2,8-9,13-14,16H2,1H3,(H,24,26). The minimum Gasteiger partial charge on any atom is -0.486 e. The second kappa shape index (κ2) is 8.48. The molecule has 2 aromatic carbocycles. The number of nitrogens with one attached hydrogen (secondary N) is 1. The van der Waals surface area contributed by atoms with Crippen LogP contribution >= 0.6 is 0 Å². The maximum absolute atomic E-state index is 12.3. The molecule has 3 aromatic rings. The zero-order chi connectivity index (χ0) is 19.3. The first-order chi connectivity index (χ1) is 13.7. The molecule has 5 heteroatoms. The monoisotopic (exact) mass is 378 g/mol. The molecular formula is C23H26N2O3. The topological polar surface area (TPSA) is 54.7 Å². The van der Waals surface area contributed by atoms with Crippen molar-refractivity contribution >= 4 is 16.7 Å². The molecule has 0 radical (unpaired) electrons. The van der Waals surface area contributed by atoms with E-state index >= 15 is 0 Å². The van der Waals surface area contributed by atoms with Crippen LogP contribution in [0, 0.1) is 0 Å². The van der Waals surface area contributed by atoms with Crippen LogP contribution in [0.4, 0.5) is 0 Å². The van der Waals surface area contributed by atoms with Gasteiger partial charge in [0, 0.05) is 19.1 Å². The first-order valence-electron chi connectivity index (χ1n) is 9.95. The summed E-state index contributed by atoms with van der Waals surface area (Å²) in [6.45, 7) is 4.99. The maximum Gasteiger partial charge on any atom is 0.287 e. The molecule has 4 rings (SSSR count). The fourth-order valence-corrected chi connectivity index (χ4v) is 3.43. The molecule has 1 heterocycles. The van der Waals surface area contributed by atoms with E-state index in [-0.39, 0.29) is 12.5 Å². The molecular weight excluding hydrogens is 352 g/mol. The fraction of sp³-hybridized carbons (Fsp3) is 0.348. The predicted octanol–water partition coefficient (Wildman–Crippen LogP) is 4.23. The van der Waals surface area contributed by atoms with Gasteiger partial charge in [0.2, 0.25) is 0 Å². The third-order valence-electron chi connectivity index (χ3n) is 5.14. The van der Waals surface area contributed by atoms with Gasteiger partial charge in [-0.3, -0.25) is 9.69 Å². The second-order valence-corrected chi connectivity index (χ2v) is 7.18. The van der Waals surface area contributed by atoms with E-state index in [1.165, 1.54) is 18.2 Å². The number of nitrogens with zero attached hydrogens (tertiary/aromatic N) is 1. The van der Waals surface area contributed by atoms with Crippen molar-refractivity contribution in [2.75, 3.05) is 19.6 Å². The predicted molar refractivity (Wildman–Crippen MR) is 110 cm³/mol. The number of ether oxygens (including phenoxy) is 1. The Balaban J connectivity index is 1.27. The molecule has 1 aromatic heterocycles. The number of likely N-dealkylation sites (N-methyl/N-ethyl adjacent to an activating group) is 1. The van der Waals surface area contributed by atoms with Gasteiger partial charge in [-0.2, -0.15) is 0 Å². The molecule has 5 nitrogen and oxygen atoms in total. The van der Waals surface area contributed by atoms with Gasteiger partial charge < -0.3 is 14.5 Å². The Morgan fingerprint density at radius 2 is 1.96 bits per heavy atom. The van der Waals surface area contributed by atoms with Gasteiger partial charge in [-0.15, -0.1) is 0 Å². The molecule has 1 saturated carbocycles. The molecule has 0 spiro atoms. The SMILES string of the molecule is CCN(CCNC(=O)c1ccc(COc2ccc3ccccc3c2)o1)C1CC1. The highest BCUT2D eigenvalue weighted by Gasteiger charge is 2.27. The third-order valence-corrected chi connectivity index (χ3v) is 5.14. The third kappa shape index (κ3) is 4.54. The van der Waals surface area contributed by atoms with Crippen molar-refractivity contribution in [1.29, 1.82) is 0 Å². The summed E-state index contributed by atoms with van der Waals surface area (Å²) in [4.78, 5) is 14.7. The average molecular weight is 378 g/mol. The van der Waals surface area contributed by atoms with Gasteiger partial charge in [-0.1, -0.05) is 37.3 Å². The van der Waals surface area contributed by atoms with E-state index in [4.69, 9.17) is 9.15 Å². The van der Waals surface area contributed by atoms with Crippen LogP contribution in [0.2, 0.25) is 0 Å². The Hall–Kier alpha value is -2.79. The number of carbonyl (C=O) groups excluding carboxylic acids is 1. The van der Waals surface area contributed by atoms with Crippen molar-refractivity contribution < 1.29 is 13.9 Å². The van der Waals surface area contributed by atoms with Gasteiger partial charge in [-0.25, -0.2) is 0 Å². The maximum atomic E-state index is 12.3. The highest BCUT2D eigenvalue weighted by Crippen LogP contribution is 2.26. The fourth-order valence-electron chi connectivity index (χ4n) is 3.43. The largest absolute Gasteiger partial charge is 0.486 e. The number of benzene rings is 2. The van der Waals surface area contributed by atoms with Crippen molar-refractivity contribution in [2.45, 2.75) is 32.4 Å². The summed E-state index contributed by atoms with van der Waals surface area (Å²) in [5, 5.41) is 5.25. The lowest BCUT2D eigenvalue weighted by Crippen LogP contribution is -2.35. The summed E-state index contributed by atoms with van der Waals surface area (Å²) in [5.74, 6) is 1.56. The Labute approximate surface area is 165 Å². The Morgan fingerprint density at radius 3 is 2.75 bits per heavy atom. The molecule has 0 bridgehead atoms. The first-order valence-corrected chi connectivity index (χ1v) is 9.95. The molecule has 0 aliphatic heterocycles. The summed E-state index contributed by atoms with van der Waals surface area (Å²) in [6.07, 6.45) is 2.56.